The van der Waals surface area contributed by atoms with Crippen molar-refractivity contribution in [2.24, 2.45) is 0 Å². The van der Waals surface area contributed by atoms with E-state index >= 15 is 0 Å². The number of hydrogen-bond acceptors (Lipinski definition) is 4. The molecule has 5 nitrogen and oxygen atoms in total. The highest BCUT2D eigenvalue weighted by atomic mass is 32.2. The molecule has 7 heteroatoms. The van der Waals surface area contributed by atoms with Crippen LogP contribution in [0.3, 0.4) is 0 Å². The molecule has 21 heavy (non-hydrogen) atoms. The number of carbonyl (C=O) groups excluding carboxylic acids is 1. The Hall–Kier alpha value is -2.41. The van der Waals surface area contributed by atoms with E-state index in [9.17, 15) is 17.6 Å². The summed E-state index contributed by atoms with van der Waals surface area (Å²) in [7, 11) is -4.05. The molecule has 0 bridgehead atoms. The van der Waals surface area contributed by atoms with Crippen molar-refractivity contribution in [1.82, 2.24) is 0 Å². The molecule has 110 valence electrons. The van der Waals surface area contributed by atoms with Crippen molar-refractivity contribution < 1.29 is 17.6 Å². The number of anilines is 2. The molecule has 2 aromatic rings. The molecule has 3 N–H and O–H groups in total. The number of nitrogen functional groups attached to an aromatic ring is 1. The molecule has 0 heterocycles. The van der Waals surface area contributed by atoms with Crippen LogP contribution < -0.4 is 11.1 Å². The van der Waals surface area contributed by atoms with Crippen molar-refractivity contribution in [1.29, 1.82) is 0 Å². The Bertz CT molecular complexity index is 775. The van der Waals surface area contributed by atoms with E-state index in [1.54, 1.807) is 24.3 Å². The van der Waals surface area contributed by atoms with Gasteiger partial charge in [0.15, 0.2) is 9.84 Å². The first-order valence-corrected chi connectivity index (χ1v) is 7.67. The van der Waals surface area contributed by atoms with Crippen LogP contribution in [0.5, 0.6) is 0 Å². The minimum Gasteiger partial charge on any atom is -0.397 e. The molecule has 0 spiro atoms. The van der Waals surface area contributed by atoms with Crippen molar-refractivity contribution in [3.05, 3.63) is 54.3 Å². The van der Waals surface area contributed by atoms with E-state index < -0.39 is 32.2 Å². The quantitative estimate of drug-likeness (QED) is 0.843. The highest BCUT2D eigenvalue weighted by molar-refractivity contribution is 7.92. The largest absolute Gasteiger partial charge is 0.397 e. The predicted molar refractivity (Wildman–Crippen MR) is 77.9 cm³/mol. The third-order valence-corrected chi connectivity index (χ3v) is 4.37. The van der Waals surface area contributed by atoms with Gasteiger partial charge in [-0.15, -0.1) is 0 Å². The van der Waals surface area contributed by atoms with Gasteiger partial charge in [0.05, 0.1) is 11.4 Å². The zero-order chi connectivity index (χ0) is 15.5. The Morgan fingerprint density at radius 1 is 1.10 bits per heavy atom. The number of benzene rings is 2. The molecule has 1 amide bonds. The number of nitrogens with two attached hydrogens (primary N) is 1. The van der Waals surface area contributed by atoms with E-state index in [1.165, 1.54) is 12.1 Å². The molecular weight excluding hydrogens is 295 g/mol. The summed E-state index contributed by atoms with van der Waals surface area (Å²) in [6.45, 7) is 0. The van der Waals surface area contributed by atoms with Crippen LogP contribution in [0.1, 0.15) is 0 Å². The highest BCUT2D eigenvalue weighted by Gasteiger charge is 2.22. The van der Waals surface area contributed by atoms with Crippen molar-refractivity contribution in [3.8, 4) is 0 Å². The van der Waals surface area contributed by atoms with Crippen molar-refractivity contribution >= 4 is 27.1 Å². The number of halogens is 1. The van der Waals surface area contributed by atoms with Crippen LogP contribution in [-0.4, -0.2) is 20.1 Å². The van der Waals surface area contributed by atoms with Crippen LogP contribution in [-0.2, 0) is 14.6 Å². The number of nitrogens with one attached hydrogen (secondary N) is 1. The fourth-order valence-corrected chi connectivity index (χ4v) is 2.97. The lowest BCUT2D eigenvalue weighted by Gasteiger charge is -2.08. The van der Waals surface area contributed by atoms with Gasteiger partial charge in [-0.2, -0.15) is 0 Å². The number of carbonyl (C=O) groups is 1. The summed E-state index contributed by atoms with van der Waals surface area (Å²) in [4.78, 5) is 11.3. The van der Waals surface area contributed by atoms with Gasteiger partial charge in [-0.1, -0.05) is 24.3 Å². The van der Waals surface area contributed by atoms with Crippen molar-refractivity contribution in [2.45, 2.75) is 4.90 Å². The second kappa shape index (κ2) is 5.92. The number of para-hydroxylation sites is 2. The first kappa shape index (κ1) is 15.0. The summed E-state index contributed by atoms with van der Waals surface area (Å²) < 4.78 is 37.5. The van der Waals surface area contributed by atoms with Crippen LogP contribution in [0.2, 0.25) is 0 Å². The van der Waals surface area contributed by atoms with Gasteiger partial charge in [0.2, 0.25) is 5.91 Å². The average molecular weight is 308 g/mol. The van der Waals surface area contributed by atoms with E-state index in [1.807, 2.05) is 0 Å². The Morgan fingerprint density at radius 3 is 2.38 bits per heavy atom. The smallest absolute Gasteiger partial charge is 0.240 e. The molecule has 0 fully saturated rings. The normalized spacial score (nSPS) is 11.1. The van der Waals surface area contributed by atoms with Crippen LogP contribution in [0.25, 0.3) is 0 Å². The molecule has 0 unspecified atom stereocenters. The van der Waals surface area contributed by atoms with Gasteiger partial charge in [0.1, 0.15) is 16.5 Å². The maximum Gasteiger partial charge on any atom is 0.240 e. The van der Waals surface area contributed by atoms with Gasteiger partial charge in [-0.05, 0) is 24.3 Å². The maximum absolute atomic E-state index is 13.5. The molecule has 0 radical (unpaired) electrons. The summed E-state index contributed by atoms with van der Waals surface area (Å²) in [6.07, 6.45) is 0. The summed E-state index contributed by atoms with van der Waals surface area (Å²) in [5, 5.41) is 2.39. The Morgan fingerprint density at radius 2 is 1.71 bits per heavy atom. The van der Waals surface area contributed by atoms with Gasteiger partial charge in [0.25, 0.3) is 0 Å². The minimum absolute atomic E-state index is 0.311. The standard InChI is InChI=1S/C14H13FN2O3S/c15-10-5-1-4-8-13(10)21(19,20)9-14(18)17-12-7-3-2-6-11(12)16/h1-8H,9,16H2,(H,17,18). The fraction of sp³-hybridized carbons (Fsp3) is 0.0714. The van der Waals surface area contributed by atoms with E-state index in [0.29, 0.717) is 11.4 Å². The molecular formula is C14H13FN2O3S. The maximum atomic E-state index is 13.5. The molecule has 0 aliphatic rings. The fourth-order valence-electron chi connectivity index (χ4n) is 1.74. The summed E-state index contributed by atoms with van der Waals surface area (Å²) >= 11 is 0. The third kappa shape index (κ3) is 3.57. The van der Waals surface area contributed by atoms with Gasteiger partial charge < -0.3 is 11.1 Å². The number of sulfone groups is 1. The average Bonchev–Trinajstić information content (AvgIpc) is 2.41. The Balaban J connectivity index is 2.16. The molecule has 2 aromatic carbocycles. The lowest BCUT2D eigenvalue weighted by Crippen LogP contribution is -2.24. The van der Waals surface area contributed by atoms with Gasteiger partial charge in [-0.3, -0.25) is 4.79 Å². The molecule has 0 aliphatic heterocycles. The van der Waals surface area contributed by atoms with Gasteiger partial charge in [-0.25, -0.2) is 12.8 Å². The van der Waals surface area contributed by atoms with Crippen LogP contribution in [0, 0.1) is 5.82 Å². The number of rotatable bonds is 4. The molecule has 0 saturated carbocycles. The first-order valence-electron chi connectivity index (χ1n) is 6.02. The van der Waals surface area contributed by atoms with E-state index in [2.05, 4.69) is 5.32 Å². The zero-order valence-electron chi connectivity index (χ0n) is 10.9. The second-order valence-corrected chi connectivity index (χ2v) is 6.28. The molecule has 0 atom stereocenters. The van der Waals surface area contributed by atoms with Crippen molar-refractivity contribution in [2.75, 3.05) is 16.8 Å². The van der Waals surface area contributed by atoms with E-state index in [0.717, 1.165) is 12.1 Å². The van der Waals surface area contributed by atoms with Crippen molar-refractivity contribution in [3.63, 3.8) is 0 Å². The summed E-state index contributed by atoms with van der Waals surface area (Å²) in [5.41, 5.74) is 6.27. The Kier molecular flexibility index (Phi) is 4.23. The topological polar surface area (TPSA) is 89.3 Å². The SMILES string of the molecule is Nc1ccccc1NC(=O)CS(=O)(=O)c1ccccc1F. The Labute approximate surface area is 121 Å². The van der Waals surface area contributed by atoms with E-state index in [4.69, 9.17) is 5.73 Å². The highest BCUT2D eigenvalue weighted by Crippen LogP contribution is 2.18. The van der Waals surface area contributed by atoms with Gasteiger partial charge in [0, 0.05) is 0 Å². The van der Waals surface area contributed by atoms with Crippen LogP contribution in [0.15, 0.2) is 53.4 Å². The van der Waals surface area contributed by atoms with Crippen LogP contribution in [0.4, 0.5) is 15.8 Å². The number of amides is 1. The second-order valence-electron chi connectivity index (χ2n) is 4.32. The molecule has 2 rings (SSSR count). The minimum atomic E-state index is -4.05. The summed E-state index contributed by atoms with van der Waals surface area (Å²) in [5.74, 6) is -2.52. The monoisotopic (exact) mass is 308 g/mol. The molecule has 0 saturated heterocycles. The molecule has 0 aliphatic carbocycles. The lowest BCUT2D eigenvalue weighted by atomic mass is 10.3. The van der Waals surface area contributed by atoms with Crippen LogP contribution >= 0.6 is 0 Å². The first-order chi connectivity index (χ1) is 9.90. The third-order valence-electron chi connectivity index (χ3n) is 2.73. The molecule has 0 aromatic heterocycles. The van der Waals surface area contributed by atoms with E-state index in [-0.39, 0.29) is 0 Å². The zero-order valence-corrected chi connectivity index (χ0v) is 11.7. The summed E-state index contributed by atoms with van der Waals surface area (Å²) in [6, 6.07) is 11.4. The number of hydrogen-bond donors (Lipinski definition) is 2. The van der Waals surface area contributed by atoms with Gasteiger partial charge >= 0.3 is 0 Å². The lowest BCUT2D eigenvalue weighted by molar-refractivity contribution is -0.113. The predicted octanol–water partition coefficient (Wildman–Crippen LogP) is 1.82.